The summed E-state index contributed by atoms with van der Waals surface area (Å²) in [6, 6.07) is 5.22. The molecular weight excluding hydrogens is 319 g/mol. The van der Waals surface area contributed by atoms with Crippen LogP contribution in [0.25, 0.3) is 0 Å². The summed E-state index contributed by atoms with van der Waals surface area (Å²) >= 11 is 0. The molecule has 2 N–H and O–H groups in total. The van der Waals surface area contributed by atoms with Crippen LogP contribution in [0.4, 0.5) is 18.9 Å². The fourth-order valence-electron chi connectivity index (χ4n) is 2.48. The number of nitrogens with zero attached hydrogens (tertiary/aromatic N) is 2. The Kier molecular flexibility index (Phi) is 5.66. The molecule has 4 nitrogen and oxygen atoms in total. The van der Waals surface area contributed by atoms with Gasteiger partial charge in [0.25, 0.3) is 0 Å². The fourth-order valence-corrected chi connectivity index (χ4v) is 2.48. The van der Waals surface area contributed by atoms with Crippen LogP contribution in [-0.4, -0.2) is 19.0 Å². The Morgan fingerprint density at radius 3 is 2.36 bits per heavy atom. The van der Waals surface area contributed by atoms with Crippen molar-refractivity contribution in [1.82, 2.24) is 0 Å². The summed E-state index contributed by atoms with van der Waals surface area (Å²) in [7, 11) is 0. The van der Waals surface area contributed by atoms with Crippen molar-refractivity contribution in [2.45, 2.75) is 19.0 Å². The van der Waals surface area contributed by atoms with Gasteiger partial charge in [-0.05, 0) is 31.0 Å². The molecule has 22 heavy (non-hydrogen) atoms. The minimum atomic E-state index is -4.56. The Morgan fingerprint density at radius 2 is 1.91 bits per heavy atom. The predicted octanol–water partition coefficient (Wildman–Crippen LogP) is 2.70. The zero-order chi connectivity index (χ0) is 15.6. The van der Waals surface area contributed by atoms with E-state index in [-0.39, 0.29) is 24.2 Å². The summed E-state index contributed by atoms with van der Waals surface area (Å²) in [5.74, 6) is -0.591. The molecule has 0 bridgehead atoms. The van der Waals surface area contributed by atoms with Crippen LogP contribution in [0.3, 0.4) is 0 Å². The van der Waals surface area contributed by atoms with E-state index in [1.165, 1.54) is 12.1 Å². The van der Waals surface area contributed by atoms with Crippen LogP contribution in [-0.2, 0) is 11.0 Å². The number of nitriles is 1. The maximum atomic E-state index is 12.9. The normalized spacial score (nSPS) is 15.8. The number of hydrogen-bond acceptors (Lipinski definition) is 3. The highest BCUT2D eigenvalue weighted by Crippen LogP contribution is 2.35. The zero-order valence-corrected chi connectivity index (χ0v) is 12.4. The first-order valence-electron chi connectivity index (χ1n) is 6.48. The molecule has 1 aliphatic rings. The monoisotopic (exact) mass is 333 g/mol. The van der Waals surface area contributed by atoms with Crippen molar-refractivity contribution < 1.29 is 18.0 Å². The van der Waals surface area contributed by atoms with Gasteiger partial charge in [-0.1, -0.05) is 0 Å². The highest BCUT2D eigenvalue weighted by Gasteiger charge is 2.34. The van der Waals surface area contributed by atoms with Crippen LogP contribution in [0.5, 0.6) is 0 Å². The Hall–Kier alpha value is -1.94. The number of carbonyl (C=O) groups is 1. The van der Waals surface area contributed by atoms with E-state index in [2.05, 4.69) is 0 Å². The van der Waals surface area contributed by atoms with Gasteiger partial charge < -0.3 is 10.6 Å². The van der Waals surface area contributed by atoms with Crippen LogP contribution in [0, 0.1) is 17.2 Å². The predicted molar refractivity (Wildman–Crippen MR) is 77.5 cm³/mol. The molecule has 2 rings (SSSR count). The third-order valence-corrected chi connectivity index (χ3v) is 3.69. The van der Waals surface area contributed by atoms with Crippen LogP contribution >= 0.6 is 12.4 Å². The molecule has 1 aromatic rings. The third kappa shape index (κ3) is 3.83. The number of rotatable bonds is 2. The molecule has 0 spiro atoms. The molecular formula is C14H15ClF3N3O. The molecule has 1 saturated heterocycles. The lowest BCUT2D eigenvalue weighted by Crippen LogP contribution is -2.38. The van der Waals surface area contributed by atoms with E-state index in [0.29, 0.717) is 31.6 Å². The summed E-state index contributed by atoms with van der Waals surface area (Å²) in [5.41, 5.74) is 4.31. The Bertz CT molecular complexity index is 590. The molecule has 0 radical (unpaired) electrons. The summed E-state index contributed by atoms with van der Waals surface area (Å²) in [4.78, 5) is 12.9. The minimum Gasteiger partial charge on any atom is -0.371 e. The topological polar surface area (TPSA) is 70.1 Å². The van der Waals surface area contributed by atoms with Gasteiger partial charge in [0.05, 0.1) is 17.2 Å². The number of carbonyl (C=O) groups excluding carboxylic acids is 1. The molecule has 0 saturated carbocycles. The number of alkyl halides is 3. The van der Waals surface area contributed by atoms with Crippen LogP contribution in [0.1, 0.15) is 24.0 Å². The van der Waals surface area contributed by atoms with Gasteiger partial charge >= 0.3 is 6.18 Å². The van der Waals surface area contributed by atoms with Gasteiger partial charge in [-0.2, -0.15) is 18.4 Å². The first kappa shape index (κ1) is 18.1. The Balaban J connectivity index is 0.00000242. The molecule has 8 heteroatoms. The Labute approximate surface area is 132 Å². The van der Waals surface area contributed by atoms with Gasteiger partial charge in [0.15, 0.2) is 0 Å². The van der Waals surface area contributed by atoms with Gasteiger partial charge in [-0.3, -0.25) is 4.79 Å². The molecule has 120 valence electrons. The number of piperidine rings is 1. The molecule has 1 amide bonds. The van der Waals surface area contributed by atoms with Gasteiger partial charge in [0.1, 0.15) is 0 Å². The SMILES string of the molecule is Cl.N#Cc1ccc(N2CCC(C(N)=O)CC2)cc1C(F)(F)F. The van der Waals surface area contributed by atoms with Crippen LogP contribution < -0.4 is 10.6 Å². The lowest BCUT2D eigenvalue weighted by atomic mass is 9.95. The van der Waals surface area contributed by atoms with Gasteiger partial charge in [-0.15, -0.1) is 12.4 Å². The zero-order valence-electron chi connectivity index (χ0n) is 11.6. The lowest BCUT2D eigenvalue weighted by molar-refractivity contribution is -0.137. The molecule has 0 atom stereocenters. The minimum absolute atomic E-state index is 0. The van der Waals surface area contributed by atoms with Gasteiger partial charge in [0.2, 0.25) is 5.91 Å². The maximum absolute atomic E-state index is 12.9. The first-order chi connectivity index (χ1) is 9.82. The van der Waals surface area contributed by atoms with E-state index in [1.807, 2.05) is 0 Å². The second-order valence-corrected chi connectivity index (χ2v) is 5.00. The molecule has 1 aliphatic heterocycles. The van der Waals surface area contributed by atoms with E-state index in [1.54, 1.807) is 11.0 Å². The molecule has 1 fully saturated rings. The highest BCUT2D eigenvalue weighted by molar-refractivity contribution is 5.85. The van der Waals surface area contributed by atoms with E-state index in [0.717, 1.165) is 6.07 Å². The summed E-state index contributed by atoms with van der Waals surface area (Å²) in [6.45, 7) is 0.938. The van der Waals surface area contributed by atoms with Crippen molar-refractivity contribution in [3.05, 3.63) is 29.3 Å². The molecule has 0 aromatic heterocycles. The van der Waals surface area contributed by atoms with Crippen LogP contribution in [0.15, 0.2) is 18.2 Å². The Morgan fingerprint density at radius 1 is 1.32 bits per heavy atom. The lowest BCUT2D eigenvalue weighted by Gasteiger charge is -2.32. The number of anilines is 1. The van der Waals surface area contributed by atoms with Gasteiger partial charge in [0, 0.05) is 24.7 Å². The van der Waals surface area contributed by atoms with Crippen molar-refractivity contribution in [3.63, 3.8) is 0 Å². The summed E-state index contributed by atoms with van der Waals surface area (Å²) in [6.07, 6.45) is -3.51. The molecule has 0 unspecified atom stereocenters. The first-order valence-corrected chi connectivity index (χ1v) is 6.48. The quantitative estimate of drug-likeness (QED) is 0.904. The maximum Gasteiger partial charge on any atom is 0.417 e. The van der Waals surface area contributed by atoms with Crippen LogP contribution in [0.2, 0.25) is 0 Å². The summed E-state index contributed by atoms with van der Waals surface area (Å²) < 4.78 is 38.8. The number of primary amides is 1. The van der Waals surface area contributed by atoms with Crippen molar-refractivity contribution >= 4 is 24.0 Å². The second-order valence-electron chi connectivity index (χ2n) is 5.00. The van der Waals surface area contributed by atoms with Crippen molar-refractivity contribution in [2.24, 2.45) is 11.7 Å². The number of nitrogens with two attached hydrogens (primary N) is 1. The van der Waals surface area contributed by atoms with E-state index >= 15 is 0 Å². The van der Waals surface area contributed by atoms with E-state index < -0.39 is 17.3 Å². The molecule has 0 aliphatic carbocycles. The average Bonchev–Trinajstić information content (AvgIpc) is 2.45. The third-order valence-electron chi connectivity index (χ3n) is 3.69. The molecule has 1 aromatic carbocycles. The summed E-state index contributed by atoms with van der Waals surface area (Å²) in [5, 5.41) is 8.76. The van der Waals surface area contributed by atoms with Crippen molar-refractivity contribution in [3.8, 4) is 6.07 Å². The van der Waals surface area contributed by atoms with E-state index in [4.69, 9.17) is 11.0 Å². The van der Waals surface area contributed by atoms with Crippen molar-refractivity contribution in [1.29, 1.82) is 5.26 Å². The second kappa shape index (κ2) is 6.88. The number of hydrogen-bond donors (Lipinski definition) is 1. The fraction of sp³-hybridized carbons (Fsp3) is 0.429. The smallest absolute Gasteiger partial charge is 0.371 e. The largest absolute Gasteiger partial charge is 0.417 e. The van der Waals surface area contributed by atoms with Gasteiger partial charge in [-0.25, -0.2) is 0 Å². The van der Waals surface area contributed by atoms with Crippen molar-refractivity contribution in [2.75, 3.05) is 18.0 Å². The number of benzene rings is 1. The van der Waals surface area contributed by atoms with E-state index in [9.17, 15) is 18.0 Å². The number of amides is 1. The average molecular weight is 334 g/mol. The standard InChI is InChI=1S/C14H14F3N3O.ClH/c15-14(16,17)12-7-11(2-1-10(12)8-18)20-5-3-9(4-6-20)13(19)21;/h1-2,7,9H,3-6H2,(H2,19,21);1H. The molecule has 1 heterocycles. The number of halogens is 4. The highest BCUT2D eigenvalue weighted by atomic mass is 35.5.